The van der Waals surface area contributed by atoms with Gasteiger partial charge in [0.2, 0.25) is 0 Å². The molecule has 5 nitrogen and oxygen atoms in total. The first-order valence-corrected chi connectivity index (χ1v) is 7.65. The summed E-state index contributed by atoms with van der Waals surface area (Å²) in [5.74, 6) is 0.443. The SMILES string of the molecule is Cc1noc(C)c1C(=O)NCCc1nc2c(s1)CCC2. The number of rotatable bonds is 4. The third-order valence-electron chi connectivity index (χ3n) is 3.52. The van der Waals surface area contributed by atoms with Crippen LogP contribution in [0.2, 0.25) is 0 Å². The van der Waals surface area contributed by atoms with Crippen LogP contribution in [-0.2, 0) is 19.3 Å². The number of carbonyl (C=O) groups excluding carboxylic acids is 1. The van der Waals surface area contributed by atoms with Gasteiger partial charge in [0.05, 0.1) is 16.4 Å². The van der Waals surface area contributed by atoms with Crippen molar-refractivity contribution in [2.24, 2.45) is 0 Å². The Bertz CT molecular complexity index is 604. The molecule has 0 radical (unpaired) electrons. The molecule has 0 saturated heterocycles. The number of nitrogens with zero attached hydrogens (tertiary/aromatic N) is 2. The van der Waals surface area contributed by atoms with Gasteiger partial charge in [0.15, 0.2) is 0 Å². The molecule has 20 heavy (non-hydrogen) atoms. The van der Waals surface area contributed by atoms with Crippen LogP contribution < -0.4 is 5.32 Å². The van der Waals surface area contributed by atoms with Crippen LogP contribution in [0.15, 0.2) is 4.52 Å². The standard InChI is InChI=1S/C14H17N3O2S/c1-8-13(9(2)19-17-8)14(18)15-7-6-12-16-10-4-3-5-11(10)20-12/h3-7H2,1-2H3,(H,15,18). The Morgan fingerprint density at radius 2 is 2.25 bits per heavy atom. The number of hydrogen-bond acceptors (Lipinski definition) is 5. The van der Waals surface area contributed by atoms with Crippen molar-refractivity contribution in [3.8, 4) is 0 Å². The minimum Gasteiger partial charge on any atom is -0.361 e. The van der Waals surface area contributed by atoms with Gasteiger partial charge in [0, 0.05) is 17.8 Å². The van der Waals surface area contributed by atoms with Crippen molar-refractivity contribution in [2.75, 3.05) is 6.54 Å². The Morgan fingerprint density at radius 1 is 1.40 bits per heavy atom. The Morgan fingerprint density at radius 3 is 2.95 bits per heavy atom. The molecule has 106 valence electrons. The highest BCUT2D eigenvalue weighted by atomic mass is 32.1. The van der Waals surface area contributed by atoms with E-state index in [-0.39, 0.29) is 5.91 Å². The Kier molecular flexibility index (Phi) is 3.56. The zero-order valence-corrected chi connectivity index (χ0v) is 12.5. The first-order valence-electron chi connectivity index (χ1n) is 6.83. The predicted molar refractivity (Wildman–Crippen MR) is 76.2 cm³/mol. The summed E-state index contributed by atoms with van der Waals surface area (Å²) in [7, 11) is 0. The highest BCUT2D eigenvalue weighted by Crippen LogP contribution is 2.27. The number of hydrogen-bond donors (Lipinski definition) is 1. The predicted octanol–water partition coefficient (Wildman–Crippen LogP) is 2.21. The zero-order chi connectivity index (χ0) is 14.1. The Labute approximate surface area is 121 Å². The maximum absolute atomic E-state index is 12.0. The third-order valence-corrected chi connectivity index (χ3v) is 4.74. The fraction of sp³-hybridized carbons (Fsp3) is 0.500. The van der Waals surface area contributed by atoms with Gasteiger partial charge >= 0.3 is 0 Å². The summed E-state index contributed by atoms with van der Waals surface area (Å²) in [6.07, 6.45) is 4.29. The van der Waals surface area contributed by atoms with Crippen LogP contribution in [0.4, 0.5) is 0 Å². The maximum Gasteiger partial charge on any atom is 0.256 e. The lowest BCUT2D eigenvalue weighted by atomic mass is 10.2. The van der Waals surface area contributed by atoms with Gasteiger partial charge in [0.25, 0.3) is 5.91 Å². The summed E-state index contributed by atoms with van der Waals surface area (Å²) in [5, 5.41) is 7.82. The van der Waals surface area contributed by atoms with E-state index < -0.39 is 0 Å². The van der Waals surface area contributed by atoms with Crippen LogP contribution in [0.5, 0.6) is 0 Å². The van der Waals surface area contributed by atoms with Crippen molar-refractivity contribution in [1.29, 1.82) is 0 Å². The molecule has 2 aromatic rings. The van der Waals surface area contributed by atoms with Gasteiger partial charge < -0.3 is 9.84 Å². The second kappa shape index (κ2) is 5.36. The lowest BCUT2D eigenvalue weighted by Crippen LogP contribution is -2.26. The lowest BCUT2D eigenvalue weighted by molar-refractivity contribution is 0.0952. The summed E-state index contributed by atoms with van der Waals surface area (Å²) in [5.41, 5.74) is 2.45. The molecular formula is C14H17N3O2S. The molecule has 0 atom stereocenters. The largest absolute Gasteiger partial charge is 0.361 e. The minimum atomic E-state index is -0.120. The van der Waals surface area contributed by atoms with E-state index in [4.69, 9.17) is 4.52 Å². The molecule has 1 aliphatic rings. The lowest BCUT2D eigenvalue weighted by Gasteiger charge is -2.03. The van der Waals surface area contributed by atoms with Crippen LogP contribution in [0.25, 0.3) is 0 Å². The highest BCUT2D eigenvalue weighted by Gasteiger charge is 2.18. The number of nitrogens with one attached hydrogen (secondary N) is 1. The molecule has 2 aromatic heterocycles. The summed E-state index contributed by atoms with van der Waals surface area (Å²) in [6, 6.07) is 0. The fourth-order valence-electron chi connectivity index (χ4n) is 2.53. The molecule has 0 bridgehead atoms. The number of aromatic nitrogens is 2. The molecule has 0 saturated carbocycles. The van der Waals surface area contributed by atoms with Gasteiger partial charge in [-0.05, 0) is 33.1 Å². The van der Waals surface area contributed by atoms with E-state index in [1.54, 1.807) is 25.2 Å². The normalized spacial score (nSPS) is 13.5. The van der Waals surface area contributed by atoms with Crippen molar-refractivity contribution >= 4 is 17.2 Å². The van der Waals surface area contributed by atoms with Crippen LogP contribution in [0, 0.1) is 13.8 Å². The second-order valence-electron chi connectivity index (χ2n) is 5.04. The second-order valence-corrected chi connectivity index (χ2v) is 6.20. The van der Waals surface area contributed by atoms with Crippen molar-refractivity contribution in [3.05, 3.63) is 32.6 Å². The van der Waals surface area contributed by atoms with Gasteiger partial charge in [-0.2, -0.15) is 0 Å². The first kappa shape index (κ1) is 13.3. The smallest absolute Gasteiger partial charge is 0.256 e. The molecule has 1 amide bonds. The minimum absolute atomic E-state index is 0.120. The molecule has 3 rings (SSSR count). The van der Waals surface area contributed by atoms with Crippen LogP contribution >= 0.6 is 11.3 Å². The van der Waals surface area contributed by atoms with Crippen molar-refractivity contribution in [1.82, 2.24) is 15.5 Å². The summed E-state index contributed by atoms with van der Waals surface area (Å²) in [4.78, 5) is 18.1. The Hall–Kier alpha value is -1.69. The van der Waals surface area contributed by atoms with Crippen molar-refractivity contribution < 1.29 is 9.32 Å². The molecule has 0 aliphatic heterocycles. The van der Waals surface area contributed by atoms with Crippen LogP contribution in [0.1, 0.15) is 43.8 Å². The van der Waals surface area contributed by atoms with Gasteiger partial charge in [-0.3, -0.25) is 4.79 Å². The monoisotopic (exact) mass is 291 g/mol. The molecule has 1 aliphatic carbocycles. The summed E-state index contributed by atoms with van der Waals surface area (Å²) >= 11 is 1.78. The number of amides is 1. The van der Waals surface area contributed by atoms with Gasteiger partial charge in [-0.15, -0.1) is 11.3 Å². The van der Waals surface area contributed by atoms with E-state index in [2.05, 4.69) is 15.5 Å². The average molecular weight is 291 g/mol. The first-order chi connectivity index (χ1) is 9.65. The number of carbonyl (C=O) groups is 1. The van der Waals surface area contributed by atoms with Gasteiger partial charge in [-0.25, -0.2) is 4.98 Å². The molecule has 6 heteroatoms. The van der Waals surface area contributed by atoms with E-state index >= 15 is 0 Å². The maximum atomic E-state index is 12.0. The van der Waals surface area contributed by atoms with Crippen LogP contribution in [0.3, 0.4) is 0 Å². The van der Waals surface area contributed by atoms with E-state index in [1.807, 2.05) is 0 Å². The molecule has 0 unspecified atom stereocenters. The molecule has 0 aromatic carbocycles. The summed E-state index contributed by atoms with van der Waals surface area (Å²) in [6.45, 7) is 4.12. The molecule has 0 spiro atoms. The zero-order valence-electron chi connectivity index (χ0n) is 11.7. The highest BCUT2D eigenvalue weighted by molar-refractivity contribution is 7.11. The Balaban J connectivity index is 1.56. The molecule has 1 N–H and O–H groups in total. The van der Waals surface area contributed by atoms with Crippen LogP contribution in [-0.4, -0.2) is 22.6 Å². The topological polar surface area (TPSA) is 68.0 Å². The number of fused-ring (bicyclic) bond motifs is 1. The summed E-state index contributed by atoms with van der Waals surface area (Å²) < 4.78 is 5.00. The molecular weight excluding hydrogens is 274 g/mol. The quantitative estimate of drug-likeness (QED) is 0.937. The van der Waals surface area contributed by atoms with E-state index in [0.717, 1.165) is 17.8 Å². The molecule has 0 fully saturated rings. The van der Waals surface area contributed by atoms with E-state index in [0.29, 0.717) is 23.6 Å². The number of thiazole rings is 1. The third kappa shape index (κ3) is 2.47. The van der Waals surface area contributed by atoms with Crippen molar-refractivity contribution in [2.45, 2.75) is 39.5 Å². The van der Waals surface area contributed by atoms with E-state index in [9.17, 15) is 4.79 Å². The van der Waals surface area contributed by atoms with Crippen molar-refractivity contribution in [3.63, 3.8) is 0 Å². The average Bonchev–Trinajstić information content (AvgIpc) is 3.04. The van der Waals surface area contributed by atoms with Gasteiger partial charge in [-0.1, -0.05) is 5.16 Å². The molecule has 2 heterocycles. The number of aryl methyl sites for hydroxylation is 4. The van der Waals surface area contributed by atoms with Gasteiger partial charge in [0.1, 0.15) is 11.3 Å². The van der Waals surface area contributed by atoms with E-state index in [1.165, 1.54) is 23.4 Å². The fourth-order valence-corrected chi connectivity index (χ4v) is 3.69.